The average Bonchev–Trinajstić information content (AvgIpc) is 3.19. The molecule has 0 atom stereocenters. The standard InChI is InChI=1S/C18H26BrNO2.ClH/c1-21-17-10-13(12-20-14-6-2-3-7-14)16(19)11-18(17)22-15-8-4-5-9-15;/h10-11,14-15,20H,2-9,12H2,1H3;1H/p-1. The minimum Gasteiger partial charge on any atom is -1.00 e. The van der Waals surface area contributed by atoms with Crippen LogP contribution in [0.4, 0.5) is 0 Å². The molecule has 1 aromatic carbocycles. The lowest BCUT2D eigenvalue weighted by atomic mass is 10.1. The predicted octanol–water partition coefficient (Wildman–Crippen LogP) is 1.82. The van der Waals surface area contributed by atoms with Crippen molar-refractivity contribution < 1.29 is 21.9 Å². The van der Waals surface area contributed by atoms with Crippen molar-refractivity contribution in [2.75, 3.05) is 7.11 Å². The fourth-order valence-corrected chi connectivity index (χ4v) is 4.00. The molecule has 0 heterocycles. The quantitative estimate of drug-likeness (QED) is 0.786. The third-order valence-corrected chi connectivity index (χ3v) is 5.60. The van der Waals surface area contributed by atoms with E-state index in [0.717, 1.165) is 35.4 Å². The second-order valence-electron chi connectivity index (χ2n) is 6.48. The molecule has 1 aromatic rings. The highest BCUT2D eigenvalue weighted by Gasteiger charge is 2.20. The van der Waals surface area contributed by atoms with Crippen molar-refractivity contribution >= 4 is 15.9 Å². The molecule has 23 heavy (non-hydrogen) atoms. The Morgan fingerprint density at radius 1 is 1.04 bits per heavy atom. The van der Waals surface area contributed by atoms with Gasteiger partial charge in [-0.1, -0.05) is 28.8 Å². The van der Waals surface area contributed by atoms with Gasteiger partial charge in [-0.15, -0.1) is 0 Å². The highest BCUT2D eigenvalue weighted by atomic mass is 79.9. The van der Waals surface area contributed by atoms with Crippen LogP contribution in [0.2, 0.25) is 0 Å². The van der Waals surface area contributed by atoms with Crippen molar-refractivity contribution in [3.8, 4) is 11.5 Å². The number of hydrogen-bond donors (Lipinski definition) is 1. The smallest absolute Gasteiger partial charge is 0.162 e. The number of rotatable bonds is 6. The first-order chi connectivity index (χ1) is 10.8. The fourth-order valence-electron chi connectivity index (χ4n) is 3.53. The van der Waals surface area contributed by atoms with Crippen LogP contribution in [0, 0.1) is 0 Å². The third-order valence-electron chi connectivity index (χ3n) is 4.86. The molecule has 0 aliphatic heterocycles. The summed E-state index contributed by atoms with van der Waals surface area (Å²) in [5.41, 5.74) is 1.24. The fraction of sp³-hybridized carbons (Fsp3) is 0.667. The molecule has 0 unspecified atom stereocenters. The topological polar surface area (TPSA) is 30.5 Å². The van der Waals surface area contributed by atoms with Gasteiger partial charge in [-0.3, -0.25) is 0 Å². The Morgan fingerprint density at radius 2 is 1.70 bits per heavy atom. The van der Waals surface area contributed by atoms with Gasteiger partial charge in [-0.05, 0) is 56.2 Å². The van der Waals surface area contributed by atoms with E-state index in [4.69, 9.17) is 9.47 Å². The van der Waals surface area contributed by atoms with E-state index in [2.05, 4.69) is 33.4 Å². The summed E-state index contributed by atoms with van der Waals surface area (Å²) in [4.78, 5) is 0. The summed E-state index contributed by atoms with van der Waals surface area (Å²) in [7, 11) is 1.72. The van der Waals surface area contributed by atoms with Crippen molar-refractivity contribution in [1.29, 1.82) is 0 Å². The largest absolute Gasteiger partial charge is 1.00 e. The molecular formula is C18H26BrClNO2-. The summed E-state index contributed by atoms with van der Waals surface area (Å²) in [5, 5.41) is 3.66. The van der Waals surface area contributed by atoms with Crippen molar-refractivity contribution in [1.82, 2.24) is 5.32 Å². The second-order valence-corrected chi connectivity index (χ2v) is 7.34. The van der Waals surface area contributed by atoms with Crippen molar-refractivity contribution in [3.63, 3.8) is 0 Å². The molecule has 3 rings (SSSR count). The van der Waals surface area contributed by atoms with Gasteiger partial charge in [0.1, 0.15) is 0 Å². The Labute approximate surface area is 154 Å². The summed E-state index contributed by atoms with van der Waals surface area (Å²) < 4.78 is 12.8. The van der Waals surface area contributed by atoms with Crippen molar-refractivity contribution in [2.45, 2.75) is 70.1 Å². The highest BCUT2D eigenvalue weighted by Crippen LogP contribution is 2.36. The molecule has 0 radical (unpaired) electrons. The van der Waals surface area contributed by atoms with Crippen molar-refractivity contribution in [3.05, 3.63) is 22.2 Å². The van der Waals surface area contributed by atoms with Crippen LogP contribution in [0.25, 0.3) is 0 Å². The van der Waals surface area contributed by atoms with E-state index >= 15 is 0 Å². The number of methoxy groups -OCH3 is 1. The van der Waals surface area contributed by atoms with E-state index in [0.29, 0.717) is 12.1 Å². The van der Waals surface area contributed by atoms with E-state index in [1.807, 2.05) is 0 Å². The Bertz CT molecular complexity index is 500. The van der Waals surface area contributed by atoms with Gasteiger partial charge >= 0.3 is 0 Å². The van der Waals surface area contributed by atoms with E-state index < -0.39 is 0 Å². The van der Waals surface area contributed by atoms with E-state index in [-0.39, 0.29) is 12.4 Å². The van der Waals surface area contributed by atoms with Crippen LogP contribution in [0.5, 0.6) is 11.5 Å². The zero-order valence-electron chi connectivity index (χ0n) is 13.7. The maximum Gasteiger partial charge on any atom is 0.162 e. The number of nitrogens with one attached hydrogen (secondary N) is 1. The number of ether oxygens (including phenoxy) is 2. The van der Waals surface area contributed by atoms with E-state index in [1.165, 1.54) is 44.1 Å². The van der Waals surface area contributed by atoms with Crippen LogP contribution in [0.15, 0.2) is 16.6 Å². The average molecular weight is 404 g/mol. The lowest BCUT2D eigenvalue weighted by Crippen LogP contribution is -3.00. The van der Waals surface area contributed by atoms with Gasteiger partial charge in [0, 0.05) is 17.1 Å². The number of halogens is 2. The van der Waals surface area contributed by atoms with Crippen LogP contribution in [0.1, 0.15) is 56.9 Å². The summed E-state index contributed by atoms with van der Waals surface area (Å²) in [5.74, 6) is 1.71. The first kappa shape index (κ1) is 18.9. The van der Waals surface area contributed by atoms with Gasteiger partial charge in [-0.2, -0.15) is 0 Å². The predicted molar refractivity (Wildman–Crippen MR) is 92.7 cm³/mol. The monoisotopic (exact) mass is 402 g/mol. The third kappa shape index (κ3) is 5.01. The van der Waals surface area contributed by atoms with Gasteiger partial charge in [0.2, 0.25) is 0 Å². The first-order valence-corrected chi connectivity index (χ1v) is 9.32. The summed E-state index contributed by atoms with van der Waals surface area (Å²) in [6.07, 6.45) is 10.5. The Hall–Kier alpha value is -0.450. The molecule has 0 amide bonds. The van der Waals surface area contributed by atoms with Crippen LogP contribution in [-0.4, -0.2) is 19.3 Å². The molecule has 0 bridgehead atoms. The first-order valence-electron chi connectivity index (χ1n) is 8.52. The minimum absolute atomic E-state index is 0. The molecule has 130 valence electrons. The van der Waals surface area contributed by atoms with E-state index in [9.17, 15) is 0 Å². The molecular weight excluding hydrogens is 378 g/mol. The molecule has 2 aliphatic carbocycles. The summed E-state index contributed by atoms with van der Waals surface area (Å²) in [6, 6.07) is 4.85. The van der Waals surface area contributed by atoms with E-state index in [1.54, 1.807) is 7.11 Å². The van der Waals surface area contributed by atoms with Gasteiger partial charge < -0.3 is 27.2 Å². The number of hydrogen-bond acceptors (Lipinski definition) is 3. The zero-order chi connectivity index (χ0) is 15.4. The maximum atomic E-state index is 6.14. The molecule has 0 saturated heterocycles. The zero-order valence-corrected chi connectivity index (χ0v) is 16.1. The lowest BCUT2D eigenvalue weighted by molar-refractivity contribution is -0.00000560. The summed E-state index contributed by atoms with van der Waals surface area (Å²) >= 11 is 3.69. The molecule has 2 aliphatic rings. The molecule has 1 N–H and O–H groups in total. The molecule has 2 fully saturated rings. The molecule has 2 saturated carbocycles. The molecule has 3 nitrogen and oxygen atoms in total. The van der Waals surface area contributed by atoms with Gasteiger partial charge in [-0.25, -0.2) is 0 Å². The number of benzene rings is 1. The highest BCUT2D eigenvalue weighted by molar-refractivity contribution is 9.10. The Balaban J connectivity index is 0.00000192. The minimum atomic E-state index is 0. The molecule has 5 heteroatoms. The molecule has 0 spiro atoms. The lowest BCUT2D eigenvalue weighted by Gasteiger charge is -2.19. The van der Waals surface area contributed by atoms with Crippen LogP contribution in [0.3, 0.4) is 0 Å². The molecule has 0 aromatic heterocycles. The van der Waals surface area contributed by atoms with Crippen LogP contribution < -0.4 is 27.2 Å². The Morgan fingerprint density at radius 3 is 2.35 bits per heavy atom. The Kier molecular flexibility index (Phi) is 7.51. The van der Waals surface area contributed by atoms with Gasteiger partial charge in [0.15, 0.2) is 11.5 Å². The van der Waals surface area contributed by atoms with Crippen LogP contribution in [-0.2, 0) is 6.54 Å². The van der Waals surface area contributed by atoms with Crippen molar-refractivity contribution in [2.24, 2.45) is 0 Å². The maximum absolute atomic E-state index is 6.14. The summed E-state index contributed by atoms with van der Waals surface area (Å²) in [6.45, 7) is 0.880. The van der Waals surface area contributed by atoms with Crippen LogP contribution >= 0.6 is 15.9 Å². The normalized spacial score (nSPS) is 18.9. The van der Waals surface area contributed by atoms with Gasteiger partial charge in [0.05, 0.1) is 13.2 Å². The SMILES string of the molecule is COc1cc(CNC2CCCC2)c(Br)cc1OC1CCCC1.[Cl-]. The second kappa shape index (κ2) is 9.14. The van der Waals surface area contributed by atoms with Gasteiger partial charge in [0.25, 0.3) is 0 Å².